The third kappa shape index (κ3) is 3.11. The van der Waals surface area contributed by atoms with Crippen molar-refractivity contribution in [2.45, 2.75) is 12.3 Å². The number of amides is 2. The second kappa shape index (κ2) is 6.37. The highest BCUT2D eigenvalue weighted by atomic mass is 32.2. The van der Waals surface area contributed by atoms with Crippen molar-refractivity contribution in [1.29, 1.82) is 0 Å². The van der Waals surface area contributed by atoms with Gasteiger partial charge in [0.25, 0.3) is 11.1 Å². The molecule has 1 atom stereocenters. The lowest BCUT2D eigenvalue weighted by Gasteiger charge is -2.15. The summed E-state index contributed by atoms with van der Waals surface area (Å²) < 4.78 is 0. The van der Waals surface area contributed by atoms with Gasteiger partial charge < -0.3 is 10.4 Å². The molecule has 2 aromatic carbocycles. The molecule has 122 valence electrons. The Morgan fingerprint density at radius 2 is 1.71 bits per heavy atom. The van der Waals surface area contributed by atoms with E-state index in [1.54, 1.807) is 24.3 Å². The summed E-state index contributed by atoms with van der Waals surface area (Å²) in [6.07, 6.45) is 0. The van der Waals surface area contributed by atoms with E-state index >= 15 is 0 Å². The smallest absolute Gasteiger partial charge is 0.335 e. The van der Waals surface area contributed by atoms with Crippen LogP contribution in [0.4, 0.5) is 16.2 Å². The second-order valence-corrected chi connectivity index (χ2v) is 6.36. The van der Waals surface area contributed by atoms with Crippen LogP contribution in [0.5, 0.6) is 0 Å². The monoisotopic (exact) mass is 342 g/mol. The predicted molar refractivity (Wildman–Crippen MR) is 92.5 cm³/mol. The van der Waals surface area contributed by atoms with E-state index in [-0.39, 0.29) is 16.7 Å². The highest BCUT2D eigenvalue weighted by molar-refractivity contribution is 8.16. The van der Waals surface area contributed by atoms with Crippen LogP contribution in [-0.2, 0) is 4.79 Å². The number of benzene rings is 2. The summed E-state index contributed by atoms with van der Waals surface area (Å²) in [6, 6.07) is 13.2. The molecule has 7 heteroatoms. The molecule has 1 fully saturated rings. The molecule has 3 rings (SSSR count). The van der Waals surface area contributed by atoms with Crippen LogP contribution in [0.25, 0.3) is 0 Å². The van der Waals surface area contributed by atoms with Crippen LogP contribution in [0.1, 0.15) is 15.9 Å². The average molecular weight is 342 g/mol. The number of aryl methyl sites for hydroxylation is 1. The van der Waals surface area contributed by atoms with E-state index in [1.807, 2.05) is 19.1 Å². The normalized spacial score (nSPS) is 17.2. The number of rotatable bonds is 4. The summed E-state index contributed by atoms with van der Waals surface area (Å²) >= 11 is 0.896. The summed E-state index contributed by atoms with van der Waals surface area (Å²) in [5, 5.41) is 10.8. The van der Waals surface area contributed by atoms with Gasteiger partial charge in [0, 0.05) is 5.69 Å². The molecule has 0 bridgehead atoms. The molecule has 2 aromatic rings. The number of anilines is 2. The van der Waals surface area contributed by atoms with Gasteiger partial charge in [-0.15, -0.1) is 0 Å². The van der Waals surface area contributed by atoms with Gasteiger partial charge in [0.1, 0.15) is 0 Å². The molecule has 24 heavy (non-hydrogen) atoms. The molecule has 1 aliphatic rings. The van der Waals surface area contributed by atoms with Crippen molar-refractivity contribution >= 4 is 40.3 Å². The number of nitrogens with one attached hydrogen (secondary N) is 1. The minimum atomic E-state index is -1.02. The van der Waals surface area contributed by atoms with Crippen molar-refractivity contribution < 1.29 is 19.5 Å². The van der Waals surface area contributed by atoms with Crippen LogP contribution in [-0.4, -0.2) is 27.6 Å². The summed E-state index contributed by atoms with van der Waals surface area (Å²) in [4.78, 5) is 36.7. The first-order valence-corrected chi connectivity index (χ1v) is 8.05. The molecule has 0 aliphatic carbocycles. The van der Waals surface area contributed by atoms with E-state index in [4.69, 9.17) is 5.11 Å². The largest absolute Gasteiger partial charge is 0.478 e. The second-order valence-electron chi connectivity index (χ2n) is 5.30. The third-order valence-corrected chi connectivity index (χ3v) is 4.51. The SMILES string of the molecule is Cc1ccc(N2C(=O)S[C@H](Nc3ccc(C(=O)O)cc3)C2=O)cc1. The Morgan fingerprint density at radius 3 is 2.29 bits per heavy atom. The quantitative estimate of drug-likeness (QED) is 0.886. The predicted octanol–water partition coefficient (Wildman–Crippen LogP) is 3.33. The van der Waals surface area contributed by atoms with Crippen LogP contribution in [0.2, 0.25) is 0 Å². The Balaban J connectivity index is 1.76. The van der Waals surface area contributed by atoms with Crippen LogP contribution in [0, 0.1) is 6.92 Å². The van der Waals surface area contributed by atoms with E-state index in [0.717, 1.165) is 22.2 Å². The number of hydrogen-bond donors (Lipinski definition) is 2. The topological polar surface area (TPSA) is 86.7 Å². The maximum Gasteiger partial charge on any atom is 0.335 e. The fourth-order valence-electron chi connectivity index (χ4n) is 2.29. The lowest BCUT2D eigenvalue weighted by atomic mass is 10.2. The number of carbonyl (C=O) groups is 3. The number of nitrogens with zero attached hydrogens (tertiary/aromatic N) is 1. The minimum absolute atomic E-state index is 0.156. The van der Waals surface area contributed by atoms with Gasteiger partial charge >= 0.3 is 5.97 Å². The molecular formula is C17H14N2O4S. The highest BCUT2D eigenvalue weighted by Gasteiger charge is 2.40. The van der Waals surface area contributed by atoms with Gasteiger partial charge in [0.05, 0.1) is 11.3 Å². The van der Waals surface area contributed by atoms with Crippen LogP contribution < -0.4 is 10.2 Å². The zero-order valence-electron chi connectivity index (χ0n) is 12.7. The third-order valence-electron chi connectivity index (χ3n) is 3.57. The minimum Gasteiger partial charge on any atom is -0.478 e. The van der Waals surface area contributed by atoms with Crippen LogP contribution >= 0.6 is 11.8 Å². The van der Waals surface area contributed by atoms with E-state index in [2.05, 4.69) is 5.32 Å². The number of thioether (sulfide) groups is 1. The molecule has 1 heterocycles. The molecule has 1 saturated heterocycles. The maximum absolute atomic E-state index is 12.5. The molecule has 6 nitrogen and oxygen atoms in total. The van der Waals surface area contributed by atoms with E-state index in [1.165, 1.54) is 12.1 Å². The molecule has 0 radical (unpaired) electrons. The zero-order chi connectivity index (χ0) is 17.3. The Labute approximate surface area is 142 Å². The van der Waals surface area contributed by atoms with Crippen molar-refractivity contribution in [1.82, 2.24) is 0 Å². The summed E-state index contributed by atoms with van der Waals surface area (Å²) in [7, 11) is 0. The summed E-state index contributed by atoms with van der Waals surface area (Å²) in [5.74, 6) is -1.37. The van der Waals surface area contributed by atoms with Crippen LogP contribution in [0.15, 0.2) is 48.5 Å². The molecule has 2 amide bonds. The molecule has 0 aromatic heterocycles. The fourth-order valence-corrected chi connectivity index (χ4v) is 3.19. The average Bonchev–Trinajstić information content (AvgIpc) is 2.83. The summed E-state index contributed by atoms with van der Waals surface area (Å²) in [5.41, 5.74) is 2.31. The molecule has 0 saturated carbocycles. The van der Waals surface area contributed by atoms with Crippen molar-refractivity contribution in [2.75, 3.05) is 10.2 Å². The molecule has 2 N–H and O–H groups in total. The standard InChI is InChI=1S/C17H14N2O4S/c1-10-2-8-13(9-3-10)19-15(20)14(24-17(19)23)18-12-6-4-11(5-7-12)16(21)22/h2-9,14,18H,1H3,(H,21,22)/t14-/m0/s1. The van der Waals surface area contributed by atoms with Crippen LogP contribution in [0.3, 0.4) is 0 Å². The Hall–Kier alpha value is -2.80. The fraction of sp³-hybridized carbons (Fsp3) is 0.118. The number of carboxylic acid groups (broad SMARTS) is 1. The van der Waals surface area contributed by atoms with Gasteiger partial charge in [-0.05, 0) is 55.1 Å². The Kier molecular flexibility index (Phi) is 4.26. The first-order valence-electron chi connectivity index (χ1n) is 7.17. The number of hydrogen-bond acceptors (Lipinski definition) is 5. The highest BCUT2D eigenvalue weighted by Crippen LogP contribution is 2.32. The maximum atomic E-state index is 12.5. The van der Waals surface area contributed by atoms with Crippen molar-refractivity contribution in [3.8, 4) is 0 Å². The van der Waals surface area contributed by atoms with Crippen molar-refractivity contribution in [3.63, 3.8) is 0 Å². The van der Waals surface area contributed by atoms with Gasteiger partial charge in [-0.25, -0.2) is 9.69 Å². The number of imide groups is 1. The van der Waals surface area contributed by atoms with Gasteiger partial charge in [-0.1, -0.05) is 17.7 Å². The van der Waals surface area contributed by atoms with Gasteiger partial charge in [-0.3, -0.25) is 9.59 Å². The number of carbonyl (C=O) groups excluding carboxylic acids is 2. The first-order chi connectivity index (χ1) is 11.5. The Bertz CT molecular complexity index is 802. The molecule has 1 aliphatic heterocycles. The lowest BCUT2D eigenvalue weighted by molar-refractivity contribution is -0.116. The summed E-state index contributed by atoms with van der Waals surface area (Å²) in [6.45, 7) is 1.93. The molecule has 0 unspecified atom stereocenters. The zero-order valence-corrected chi connectivity index (χ0v) is 13.5. The molecular weight excluding hydrogens is 328 g/mol. The number of carboxylic acids is 1. The van der Waals surface area contributed by atoms with Gasteiger partial charge in [0.2, 0.25) is 0 Å². The van der Waals surface area contributed by atoms with E-state index < -0.39 is 11.3 Å². The first kappa shape index (κ1) is 16.1. The van der Waals surface area contributed by atoms with Crippen molar-refractivity contribution in [2.24, 2.45) is 0 Å². The van der Waals surface area contributed by atoms with E-state index in [9.17, 15) is 14.4 Å². The van der Waals surface area contributed by atoms with Gasteiger partial charge in [-0.2, -0.15) is 0 Å². The van der Waals surface area contributed by atoms with Gasteiger partial charge in [0.15, 0.2) is 5.37 Å². The lowest BCUT2D eigenvalue weighted by Crippen LogP contribution is -2.34. The number of aromatic carboxylic acids is 1. The van der Waals surface area contributed by atoms with Crippen molar-refractivity contribution in [3.05, 3.63) is 59.7 Å². The van der Waals surface area contributed by atoms with E-state index in [0.29, 0.717) is 11.4 Å². The Morgan fingerprint density at radius 1 is 1.08 bits per heavy atom. The molecule has 0 spiro atoms.